The number of nitriles is 2. The first-order valence-electron chi connectivity index (χ1n) is 10.0. The van der Waals surface area contributed by atoms with E-state index in [0.29, 0.717) is 16.5 Å². The zero-order valence-electron chi connectivity index (χ0n) is 17.5. The fraction of sp³-hybridized carbons (Fsp3) is 0.273. The van der Waals surface area contributed by atoms with Crippen LogP contribution in [0.1, 0.15) is 16.8 Å². The van der Waals surface area contributed by atoms with Crippen LogP contribution in [0.5, 0.6) is 5.75 Å². The molecule has 0 radical (unpaired) electrons. The minimum Gasteiger partial charge on any atom is -0.486 e. The number of rotatable bonds is 8. The number of alkyl halides is 3. The molecule has 0 unspecified atom stereocenters. The van der Waals surface area contributed by atoms with Crippen molar-refractivity contribution in [3.8, 4) is 29.1 Å². The zero-order valence-corrected chi connectivity index (χ0v) is 18.3. The highest BCUT2D eigenvalue weighted by Crippen LogP contribution is 2.39. The molecule has 0 atom stereocenters. The zero-order chi connectivity index (χ0) is 24.1. The maximum absolute atomic E-state index is 13.6. The molecular weight excluding hydrogens is 467 g/mol. The van der Waals surface area contributed by atoms with E-state index in [0.717, 1.165) is 0 Å². The Bertz CT molecular complexity index is 1240. The Balaban J connectivity index is 1.77. The lowest BCUT2D eigenvalue weighted by molar-refractivity contribution is 0.0817. The molecule has 0 aromatic carbocycles. The highest BCUT2D eigenvalue weighted by molar-refractivity contribution is 7.98. The van der Waals surface area contributed by atoms with Crippen LogP contribution in [0.4, 0.5) is 19.0 Å². The number of pyridine rings is 2. The Morgan fingerprint density at radius 3 is 2.56 bits per heavy atom. The van der Waals surface area contributed by atoms with Crippen LogP contribution in [0.3, 0.4) is 0 Å². The number of anilines is 1. The highest BCUT2D eigenvalue weighted by Gasteiger charge is 2.32. The molecule has 4 heterocycles. The van der Waals surface area contributed by atoms with E-state index in [1.54, 1.807) is 23.2 Å². The number of thioether (sulfide) groups is 1. The van der Waals surface area contributed by atoms with Gasteiger partial charge in [-0.1, -0.05) is 11.8 Å². The van der Waals surface area contributed by atoms with Gasteiger partial charge in [-0.05, 0) is 24.3 Å². The number of halogens is 3. The molecule has 1 fully saturated rings. The molecule has 3 aromatic heterocycles. The fourth-order valence-electron chi connectivity index (χ4n) is 3.27. The lowest BCUT2D eigenvalue weighted by Crippen LogP contribution is -2.49. The van der Waals surface area contributed by atoms with Gasteiger partial charge in [-0.25, -0.2) is 18.2 Å². The fourth-order valence-corrected chi connectivity index (χ4v) is 4.16. The summed E-state index contributed by atoms with van der Waals surface area (Å²) in [4.78, 5) is 10.4. The second-order valence-electron chi connectivity index (χ2n) is 7.18. The average molecular weight is 483 g/mol. The summed E-state index contributed by atoms with van der Waals surface area (Å²) >= 11 is 1.23. The molecule has 0 bridgehead atoms. The predicted molar refractivity (Wildman–Crippen MR) is 117 cm³/mol. The monoisotopic (exact) mass is 483 g/mol. The van der Waals surface area contributed by atoms with Gasteiger partial charge in [0.15, 0.2) is 0 Å². The number of aromatic nitrogens is 4. The van der Waals surface area contributed by atoms with Gasteiger partial charge >= 0.3 is 0 Å². The topological polar surface area (TPSA) is 112 Å². The van der Waals surface area contributed by atoms with Gasteiger partial charge in [0.2, 0.25) is 0 Å². The molecule has 4 rings (SSSR count). The van der Waals surface area contributed by atoms with E-state index in [9.17, 15) is 23.7 Å². The second kappa shape index (κ2) is 10.4. The van der Waals surface area contributed by atoms with Crippen LogP contribution < -0.4 is 9.64 Å². The molecule has 0 N–H and O–H groups in total. The van der Waals surface area contributed by atoms with Gasteiger partial charge in [-0.15, -0.1) is 0 Å². The van der Waals surface area contributed by atoms with Crippen LogP contribution in [0.25, 0.3) is 11.3 Å². The molecule has 1 saturated heterocycles. The van der Waals surface area contributed by atoms with Crippen molar-refractivity contribution in [3.63, 3.8) is 0 Å². The van der Waals surface area contributed by atoms with Crippen molar-refractivity contribution in [3.05, 3.63) is 53.5 Å². The average Bonchev–Trinajstić information content (AvgIpc) is 2.84. The smallest absolute Gasteiger partial charge is 0.272 e. The first kappa shape index (κ1) is 23.3. The van der Waals surface area contributed by atoms with E-state index in [1.807, 2.05) is 0 Å². The Labute approximate surface area is 197 Å². The summed E-state index contributed by atoms with van der Waals surface area (Å²) < 4.78 is 43.4. The normalized spacial score (nSPS) is 13.3. The van der Waals surface area contributed by atoms with Crippen molar-refractivity contribution in [1.82, 2.24) is 20.2 Å². The number of nitrogens with zero attached hydrogens (tertiary/aromatic N) is 7. The molecule has 1 aliphatic rings. The van der Waals surface area contributed by atoms with E-state index in [4.69, 9.17) is 4.74 Å². The molecule has 0 spiro atoms. The van der Waals surface area contributed by atoms with Crippen molar-refractivity contribution < 1.29 is 17.9 Å². The van der Waals surface area contributed by atoms with Crippen LogP contribution >= 0.6 is 11.8 Å². The number of hydrogen-bond donors (Lipinski definition) is 0. The summed E-state index contributed by atoms with van der Waals surface area (Å²) in [5.74, 6) is 0.738. The van der Waals surface area contributed by atoms with E-state index in [1.165, 1.54) is 30.1 Å². The van der Waals surface area contributed by atoms with Gasteiger partial charge in [0.1, 0.15) is 47.1 Å². The molecule has 0 aliphatic carbocycles. The van der Waals surface area contributed by atoms with Crippen LogP contribution in [0, 0.1) is 22.7 Å². The van der Waals surface area contributed by atoms with Crippen LogP contribution in [-0.2, 0) is 5.75 Å². The van der Waals surface area contributed by atoms with Crippen molar-refractivity contribution in [1.29, 1.82) is 10.5 Å². The molecule has 172 valence electrons. The Morgan fingerprint density at radius 2 is 1.97 bits per heavy atom. The summed E-state index contributed by atoms with van der Waals surface area (Å²) in [6, 6.07) is 10.6. The maximum Gasteiger partial charge on any atom is 0.272 e. The molecule has 0 saturated carbocycles. The molecule has 0 amide bonds. The third-order valence-corrected chi connectivity index (χ3v) is 5.87. The first-order valence-corrected chi connectivity index (χ1v) is 11.0. The molecule has 1 aliphatic heterocycles. The van der Waals surface area contributed by atoms with E-state index < -0.39 is 19.2 Å². The summed E-state index contributed by atoms with van der Waals surface area (Å²) in [6.45, 7) is -0.625. The van der Waals surface area contributed by atoms with Crippen molar-refractivity contribution in [2.45, 2.75) is 23.4 Å². The lowest BCUT2D eigenvalue weighted by Gasteiger charge is -2.36. The quantitative estimate of drug-likeness (QED) is 0.442. The van der Waals surface area contributed by atoms with Crippen molar-refractivity contribution >= 4 is 17.6 Å². The Kier molecular flexibility index (Phi) is 7.09. The summed E-state index contributed by atoms with van der Waals surface area (Å²) in [5, 5.41) is 28.1. The van der Waals surface area contributed by atoms with Crippen molar-refractivity contribution in [2.75, 3.05) is 24.6 Å². The van der Waals surface area contributed by atoms with Gasteiger partial charge in [-0.2, -0.15) is 20.7 Å². The minimum atomic E-state index is -2.64. The van der Waals surface area contributed by atoms with Gasteiger partial charge < -0.3 is 9.64 Å². The molecule has 3 aromatic rings. The largest absolute Gasteiger partial charge is 0.486 e. The second-order valence-corrected chi connectivity index (χ2v) is 8.14. The Morgan fingerprint density at radius 1 is 1.18 bits per heavy atom. The summed E-state index contributed by atoms with van der Waals surface area (Å²) in [7, 11) is 0. The van der Waals surface area contributed by atoms with Gasteiger partial charge in [0.25, 0.3) is 6.43 Å². The van der Waals surface area contributed by atoms with Gasteiger partial charge in [-0.3, -0.25) is 4.98 Å². The summed E-state index contributed by atoms with van der Waals surface area (Å²) in [6.07, 6.45) is -0.883. The minimum absolute atomic E-state index is 0.0785. The standard InChI is InChI=1S/C22H16F3N7OS/c23-13-9-32(10-13)21-16(6-26)20(18-4-3-15(8-28-18)33-11-19(24)25)17(7-27)22(30-21)34-12-14-2-1-5-29-31-14/h1-5,8,13,19H,9-12H2. The number of hydrogen-bond acceptors (Lipinski definition) is 9. The Hall–Kier alpha value is -3.90. The maximum atomic E-state index is 13.6. The molecule has 12 heteroatoms. The SMILES string of the molecule is N#Cc1c(SCc2cccnn2)nc(N2CC(F)C2)c(C#N)c1-c1ccc(OCC(F)F)cn1. The number of ether oxygens (including phenoxy) is 1. The third kappa shape index (κ3) is 5.02. The van der Waals surface area contributed by atoms with E-state index in [2.05, 4.69) is 32.3 Å². The molecule has 8 nitrogen and oxygen atoms in total. The van der Waals surface area contributed by atoms with Crippen LogP contribution in [-0.4, -0.2) is 52.5 Å². The van der Waals surface area contributed by atoms with E-state index in [-0.39, 0.29) is 47.0 Å². The molecular formula is C22H16F3N7OS. The lowest BCUT2D eigenvalue weighted by atomic mass is 9.99. The molecule has 34 heavy (non-hydrogen) atoms. The van der Waals surface area contributed by atoms with Crippen LogP contribution in [0.2, 0.25) is 0 Å². The van der Waals surface area contributed by atoms with Gasteiger partial charge in [0.05, 0.1) is 36.2 Å². The summed E-state index contributed by atoms with van der Waals surface area (Å²) in [5.41, 5.74) is 1.37. The third-order valence-electron chi connectivity index (χ3n) is 4.86. The van der Waals surface area contributed by atoms with Gasteiger partial charge in [0, 0.05) is 17.5 Å². The first-order chi connectivity index (χ1) is 16.5. The predicted octanol–water partition coefficient (Wildman–Crippen LogP) is 3.77. The highest BCUT2D eigenvalue weighted by atomic mass is 32.2. The van der Waals surface area contributed by atoms with Crippen LogP contribution in [0.15, 0.2) is 41.7 Å². The van der Waals surface area contributed by atoms with E-state index >= 15 is 0 Å². The van der Waals surface area contributed by atoms with Crippen molar-refractivity contribution in [2.24, 2.45) is 0 Å².